The average Bonchev–Trinajstić information content (AvgIpc) is 2.24. The molecule has 0 saturated heterocycles. The number of hydrogen-bond acceptors (Lipinski definition) is 4. The molecule has 112 valence electrons. The van der Waals surface area contributed by atoms with Crippen LogP contribution in [-0.2, 0) is 19.0 Å². The molecule has 0 unspecified atom stereocenters. The summed E-state index contributed by atoms with van der Waals surface area (Å²) < 4.78 is 17.2. The highest BCUT2D eigenvalue weighted by Gasteiger charge is 2.53. The maximum Gasteiger partial charge on any atom is 0.344 e. The Hall–Kier alpha value is -1.19. The van der Waals surface area contributed by atoms with E-state index in [2.05, 4.69) is 20.8 Å². The van der Waals surface area contributed by atoms with E-state index in [4.69, 9.17) is 14.2 Å². The van der Waals surface area contributed by atoms with E-state index in [1.54, 1.807) is 13.8 Å². The summed E-state index contributed by atoms with van der Waals surface area (Å²) in [6.07, 6.45) is 3.29. The Bertz CT molecular complexity index is 475. The molecule has 2 heterocycles. The van der Waals surface area contributed by atoms with Crippen LogP contribution in [0.25, 0.3) is 0 Å². The Morgan fingerprint density at radius 3 is 2.45 bits per heavy atom. The van der Waals surface area contributed by atoms with E-state index in [0.717, 1.165) is 12.8 Å². The fraction of sp³-hybridized carbons (Fsp3) is 0.812. The van der Waals surface area contributed by atoms with Crippen molar-refractivity contribution in [2.24, 2.45) is 17.8 Å². The Kier molecular flexibility index (Phi) is 2.86. The highest BCUT2D eigenvalue weighted by Crippen LogP contribution is 2.51. The van der Waals surface area contributed by atoms with Crippen molar-refractivity contribution in [2.75, 3.05) is 0 Å². The molecule has 3 rings (SSSR count). The van der Waals surface area contributed by atoms with Crippen LogP contribution < -0.4 is 0 Å². The quantitative estimate of drug-likeness (QED) is 0.638. The van der Waals surface area contributed by atoms with Crippen molar-refractivity contribution in [3.63, 3.8) is 0 Å². The molecule has 1 fully saturated rings. The zero-order chi connectivity index (χ0) is 14.7. The topological polar surface area (TPSA) is 44.8 Å². The third kappa shape index (κ3) is 2.09. The maximum atomic E-state index is 12.4. The van der Waals surface area contributed by atoms with Gasteiger partial charge in [-0.25, -0.2) is 4.79 Å². The van der Waals surface area contributed by atoms with Gasteiger partial charge < -0.3 is 14.2 Å². The van der Waals surface area contributed by atoms with E-state index in [-0.39, 0.29) is 17.5 Å². The van der Waals surface area contributed by atoms with Crippen molar-refractivity contribution in [3.05, 3.63) is 11.5 Å². The van der Waals surface area contributed by atoms with Gasteiger partial charge in [0.15, 0.2) is 0 Å². The first-order chi connectivity index (χ1) is 9.20. The number of rotatable bonds is 0. The predicted octanol–water partition coefficient (Wildman–Crippen LogP) is 3.37. The van der Waals surface area contributed by atoms with Crippen LogP contribution in [0.4, 0.5) is 0 Å². The van der Waals surface area contributed by atoms with Gasteiger partial charge in [-0.15, -0.1) is 0 Å². The van der Waals surface area contributed by atoms with Crippen LogP contribution in [0.2, 0.25) is 0 Å². The van der Waals surface area contributed by atoms with Crippen molar-refractivity contribution in [2.45, 2.75) is 65.3 Å². The molecule has 0 radical (unpaired) electrons. The molecule has 1 saturated carbocycles. The fourth-order valence-electron chi connectivity index (χ4n) is 3.89. The van der Waals surface area contributed by atoms with E-state index >= 15 is 0 Å². The van der Waals surface area contributed by atoms with Gasteiger partial charge >= 0.3 is 5.97 Å². The van der Waals surface area contributed by atoms with Gasteiger partial charge in [0.05, 0.1) is 0 Å². The lowest BCUT2D eigenvalue weighted by Gasteiger charge is -2.50. The monoisotopic (exact) mass is 280 g/mol. The molecule has 2 aliphatic heterocycles. The summed E-state index contributed by atoms with van der Waals surface area (Å²) in [5.74, 6) is 0.360. The van der Waals surface area contributed by atoms with Gasteiger partial charge in [0.1, 0.15) is 11.2 Å². The molecule has 0 aromatic heterocycles. The molecule has 0 aromatic rings. The zero-order valence-electron chi connectivity index (χ0n) is 13.0. The molecule has 0 amide bonds. The second kappa shape index (κ2) is 4.15. The van der Waals surface area contributed by atoms with Crippen LogP contribution in [0.5, 0.6) is 0 Å². The van der Waals surface area contributed by atoms with Crippen LogP contribution in [0.15, 0.2) is 11.5 Å². The number of carbonyl (C=O) groups is 1. The molecule has 20 heavy (non-hydrogen) atoms. The van der Waals surface area contributed by atoms with E-state index in [1.165, 1.54) is 6.42 Å². The summed E-state index contributed by atoms with van der Waals surface area (Å²) in [5, 5.41) is 0. The highest BCUT2D eigenvalue weighted by molar-refractivity contribution is 5.90. The number of esters is 1. The standard InChI is InChI=1S/C16H24O4/c1-9-6-7-11-10(8-9)12-13(17)18-16(4,5)20-14(12)19-15(11,2)3/h9-11H,6-8H2,1-5H3/t9-,10+,11+/m0/s1. The van der Waals surface area contributed by atoms with Crippen LogP contribution >= 0.6 is 0 Å². The number of hydrogen-bond donors (Lipinski definition) is 0. The van der Waals surface area contributed by atoms with Gasteiger partial charge in [-0.2, -0.15) is 0 Å². The molecule has 0 N–H and O–H groups in total. The van der Waals surface area contributed by atoms with Crippen LogP contribution in [-0.4, -0.2) is 17.4 Å². The molecule has 0 spiro atoms. The van der Waals surface area contributed by atoms with E-state index < -0.39 is 5.79 Å². The molecule has 1 aliphatic carbocycles. The molecule has 3 aliphatic rings. The van der Waals surface area contributed by atoms with Crippen molar-refractivity contribution in [3.8, 4) is 0 Å². The number of carbonyl (C=O) groups excluding carboxylic acids is 1. The Morgan fingerprint density at radius 1 is 1.05 bits per heavy atom. The molecular weight excluding hydrogens is 256 g/mol. The van der Waals surface area contributed by atoms with Gasteiger partial charge in [0, 0.05) is 25.7 Å². The Balaban J connectivity index is 2.04. The van der Waals surface area contributed by atoms with Crippen molar-refractivity contribution < 1.29 is 19.0 Å². The van der Waals surface area contributed by atoms with Crippen molar-refractivity contribution in [1.82, 2.24) is 0 Å². The molecule has 0 bridgehead atoms. The molecule has 3 atom stereocenters. The normalized spacial score (nSPS) is 38.0. The molecule has 0 aromatic carbocycles. The number of cyclic esters (lactones) is 1. The van der Waals surface area contributed by atoms with Crippen LogP contribution in [0.3, 0.4) is 0 Å². The number of fused-ring (bicyclic) bond motifs is 2. The fourth-order valence-corrected chi connectivity index (χ4v) is 3.89. The Morgan fingerprint density at radius 2 is 1.75 bits per heavy atom. The van der Waals surface area contributed by atoms with Gasteiger partial charge in [-0.3, -0.25) is 0 Å². The summed E-state index contributed by atoms with van der Waals surface area (Å²) in [5.41, 5.74) is 0.331. The minimum atomic E-state index is -0.945. The third-order valence-corrected chi connectivity index (χ3v) is 4.85. The summed E-state index contributed by atoms with van der Waals surface area (Å²) in [6.45, 7) is 9.92. The van der Waals surface area contributed by atoms with Crippen LogP contribution in [0, 0.1) is 17.8 Å². The predicted molar refractivity (Wildman–Crippen MR) is 73.4 cm³/mol. The van der Waals surface area contributed by atoms with Crippen LogP contribution in [0.1, 0.15) is 53.9 Å². The largest absolute Gasteiger partial charge is 0.459 e. The molecular formula is C16H24O4. The third-order valence-electron chi connectivity index (χ3n) is 4.85. The van der Waals surface area contributed by atoms with Gasteiger partial charge in [-0.1, -0.05) is 13.3 Å². The molecule has 4 heteroatoms. The number of ether oxygens (including phenoxy) is 3. The lowest BCUT2D eigenvalue weighted by molar-refractivity contribution is -0.252. The van der Waals surface area contributed by atoms with Gasteiger partial charge in [-0.05, 0) is 32.6 Å². The highest BCUT2D eigenvalue weighted by atomic mass is 16.8. The lowest BCUT2D eigenvalue weighted by atomic mass is 9.64. The van der Waals surface area contributed by atoms with Crippen molar-refractivity contribution in [1.29, 1.82) is 0 Å². The summed E-state index contributed by atoms with van der Waals surface area (Å²) in [4.78, 5) is 12.4. The minimum absolute atomic E-state index is 0.195. The first-order valence-electron chi connectivity index (χ1n) is 7.55. The van der Waals surface area contributed by atoms with E-state index in [9.17, 15) is 4.79 Å². The second-order valence-corrected chi connectivity index (χ2v) is 7.43. The van der Waals surface area contributed by atoms with Crippen molar-refractivity contribution >= 4 is 5.97 Å². The van der Waals surface area contributed by atoms with E-state index in [0.29, 0.717) is 23.4 Å². The average molecular weight is 280 g/mol. The smallest absolute Gasteiger partial charge is 0.344 e. The SMILES string of the molecule is C[C@H]1CC[C@@H]2[C@@H](C1)C1=C(OC(C)(C)OC1=O)OC2(C)C. The summed E-state index contributed by atoms with van der Waals surface area (Å²) in [7, 11) is 0. The summed E-state index contributed by atoms with van der Waals surface area (Å²) in [6, 6.07) is 0. The zero-order valence-corrected chi connectivity index (χ0v) is 13.0. The Labute approximate surface area is 120 Å². The first kappa shape index (κ1) is 13.8. The van der Waals surface area contributed by atoms with Gasteiger partial charge in [0.25, 0.3) is 11.7 Å². The summed E-state index contributed by atoms with van der Waals surface area (Å²) >= 11 is 0. The maximum absolute atomic E-state index is 12.4. The van der Waals surface area contributed by atoms with Gasteiger partial charge in [0.2, 0.25) is 0 Å². The second-order valence-electron chi connectivity index (χ2n) is 7.43. The van der Waals surface area contributed by atoms with E-state index in [1.807, 2.05) is 0 Å². The lowest BCUT2D eigenvalue weighted by Crippen LogP contribution is -2.51. The minimum Gasteiger partial charge on any atom is -0.459 e. The molecule has 4 nitrogen and oxygen atoms in total. The first-order valence-corrected chi connectivity index (χ1v) is 7.55.